The highest BCUT2D eigenvalue weighted by Gasteiger charge is 2.45. The topological polar surface area (TPSA) is 99.9 Å². The van der Waals surface area contributed by atoms with Gasteiger partial charge in [0.25, 0.3) is 5.56 Å². The Kier molecular flexibility index (Phi) is 3.94. The van der Waals surface area contributed by atoms with Crippen LogP contribution < -0.4 is 15.0 Å². The molecular weight excluding hydrogens is 456 g/mol. The molecular formula is C25H20N2O6S. The highest BCUT2D eigenvalue weighted by atomic mass is 32.2. The van der Waals surface area contributed by atoms with E-state index in [0.717, 1.165) is 21.4 Å². The Morgan fingerprint density at radius 2 is 1.85 bits per heavy atom. The number of benzene rings is 1. The molecule has 0 unspecified atom stereocenters. The van der Waals surface area contributed by atoms with Crippen molar-refractivity contribution >= 4 is 27.8 Å². The van der Waals surface area contributed by atoms with Gasteiger partial charge in [-0.2, -0.15) is 10.9 Å². The van der Waals surface area contributed by atoms with Gasteiger partial charge in [-0.25, -0.2) is 9.78 Å². The van der Waals surface area contributed by atoms with E-state index in [1.807, 2.05) is 24.3 Å². The standard InChI is InChI=1S/C25H20N2O6S/c1-2-25(30)16-8-18-21-14(10-27(18)23(28)15(16)11-31-24(25)29)22(34-5-3-4-6-34)13-7-19-20(33-12-32-19)9-17(13)26-21/h3-9,30,34H,2,10-12H2,1H3/t25-/m0/s1. The molecule has 0 saturated heterocycles. The summed E-state index contributed by atoms with van der Waals surface area (Å²) in [5, 5.41) is 16.4. The van der Waals surface area contributed by atoms with Crippen molar-refractivity contribution in [3.05, 3.63) is 68.2 Å². The first-order valence-electron chi connectivity index (χ1n) is 11.1. The molecule has 1 aromatic carbocycles. The van der Waals surface area contributed by atoms with E-state index in [4.69, 9.17) is 19.2 Å². The lowest BCUT2D eigenvalue weighted by Crippen LogP contribution is -2.44. The second-order valence-corrected chi connectivity index (χ2v) is 10.6. The third kappa shape index (κ3) is 2.45. The van der Waals surface area contributed by atoms with E-state index < -0.39 is 22.5 Å². The summed E-state index contributed by atoms with van der Waals surface area (Å²) in [6.07, 6.45) is 4.18. The first kappa shape index (κ1) is 19.9. The maximum Gasteiger partial charge on any atom is 0.343 e. The third-order valence-corrected chi connectivity index (χ3v) is 9.03. The van der Waals surface area contributed by atoms with E-state index in [9.17, 15) is 14.7 Å². The number of nitrogens with zero attached hydrogens (tertiary/aromatic N) is 2. The minimum Gasteiger partial charge on any atom is -0.458 e. The summed E-state index contributed by atoms with van der Waals surface area (Å²) >= 11 is 0. The van der Waals surface area contributed by atoms with Crippen LogP contribution in [0.25, 0.3) is 22.3 Å². The second-order valence-electron chi connectivity index (χ2n) is 8.70. The average Bonchev–Trinajstić information content (AvgIpc) is 3.59. The number of hydrogen-bond donors (Lipinski definition) is 2. The Morgan fingerprint density at radius 1 is 1.09 bits per heavy atom. The van der Waals surface area contributed by atoms with Gasteiger partial charge in [-0.1, -0.05) is 19.1 Å². The predicted octanol–water partition coefficient (Wildman–Crippen LogP) is 3.21. The van der Waals surface area contributed by atoms with Gasteiger partial charge in [0.05, 0.1) is 29.0 Å². The number of pyridine rings is 2. The highest BCUT2D eigenvalue weighted by Crippen LogP contribution is 2.52. The van der Waals surface area contributed by atoms with Crippen LogP contribution in [0.2, 0.25) is 0 Å². The third-order valence-electron chi connectivity index (χ3n) is 7.01. The number of esters is 1. The van der Waals surface area contributed by atoms with Crippen LogP contribution in [-0.4, -0.2) is 27.4 Å². The largest absolute Gasteiger partial charge is 0.458 e. The zero-order valence-electron chi connectivity index (χ0n) is 18.2. The fourth-order valence-electron chi connectivity index (χ4n) is 5.23. The average molecular weight is 477 g/mol. The molecule has 8 nitrogen and oxygen atoms in total. The van der Waals surface area contributed by atoms with Gasteiger partial charge in [-0.15, -0.1) is 0 Å². The summed E-state index contributed by atoms with van der Waals surface area (Å²) in [5.74, 6) is 0.596. The van der Waals surface area contributed by atoms with E-state index >= 15 is 0 Å². The van der Waals surface area contributed by atoms with Gasteiger partial charge >= 0.3 is 5.97 Å². The lowest BCUT2D eigenvalue weighted by Gasteiger charge is -2.31. The van der Waals surface area contributed by atoms with Crippen molar-refractivity contribution < 1.29 is 24.1 Å². The summed E-state index contributed by atoms with van der Waals surface area (Å²) in [4.78, 5) is 32.1. The molecule has 4 aliphatic rings. The molecule has 1 N–H and O–H groups in total. The van der Waals surface area contributed by atoms with Crippen molar-refractivity contribution in [1.29, 1.82) is 0 Å². The number of hydrogen-bond acceptors (Lipinski definition) is 7. The minimum atomic E-state index is -1.85. The fraction of sp³-hybridized carbons (Fsp3) is 0.240. The van der Waals surface area contributed by atoms with Crippen LogP contribution >= 0.6 is 10.9 Å². The predicted molar refractivity (Wildman–Crippen MR) is 126 cm³/mol. The summed E-state index contributed by atoms with van der Waals surface area (Å²) in [5.41, 5.74) is 1.53. The number of aromatic nitrogens is 2. The van der Waals surface area contributed by atoms with E-state index in [0.29, 0.717) is 40.6 Å². The Labute approximate surface area is 196 Å². The highest BCUT2D eigenvalue weighted by molar-refractivity contribution is 8.22. The summed E-state index contributed by atoms with van der Waals surface area (Å²) in [6, 6.07) is 5.59. The smallest absolute Gasteiger partial charge is 0.343 e. The molecule has 0 spiro atoms. The molecule has 2 aromatic heterocycles. The first-order valence-corrected chi connectivity index (χ1v) is 12.5. The maximum atomic E-state index is 13.5. The molecule has 9 heteroatoms. The zero-order valence-corrected chi connectivity index (χ0v) is 19.1. The van der Waals surface area contributed by atoms with Gasteiger partial charge in [0, 0.05) is 27.5 Å². The van der Waals surface area contributed by atoms with E-state index in [1.165, 1.54) is 0 Å². The molecule has 172 valence electrons. The summed E-state index contributed by atoms with van der Waals surface area (Å²) in [6.45, 7) is 2.09. The molecule has 4 aliphatic heterocycles. The van der Waals surface area contributed by atoms with Gasteiger partial charge in [-0.3, -0.25) is 4.79 Å². The molecule has 0 amide bonds. The van der Waals surface area contributed by atoms with E-state index in [1.54, 1.807) is 17.6 Å². The van der Waals surface area contributed by atoms with Crippen LogP contribution in [0.5, 0.6) is 11.5 Å². The summed E-state index contributed by atoms with van der Waals surface area (Å²) < 4.78 is 18.1. The van der Waals surface area contributed by atoms with Crippen molar-refractivity contribution in [3.63, 3.8) is 0 Å². The Balaban J connectivity index is 1.54. The number of carbonyl (C=O) groups excluding carboxylic acids is 1. The number of rotatable bonds is 2. The van der Waals surface area contributed by atoms with Gasteiger partial charge in [0.1, 0.15) is 6.61 Å². The van der Waals surface area contributed by atoms with E-state index in [2.05, 4.69) is 10.8 Å². The molecule has 0 aliphatic carbocycles. The normalized spacial score (nSPS) is 22.2. The van der Waals surface area contributed by atoms with E-state index in [-0.39, 0.29) is 25.4 Å². The summed E-state index contributed by atoms with van der Waals surface area (Å²) in [7, 11) is -0.742. The number of cyclic esters (lactones) is 1. The Morgan fingerprint density at radius 3 is 2.62 bits per heavy atom. The first-order chi connectivity index (χ1) is 16.5. The fourth-order valence-corrected chi connectivity index (χ4v) is 7.14. The van der Waals surface area contributed by atoms with Crippen LogP contribution in [0.15, 0.2) is 50.9 Å². The number of carbonyl (C=O) groups is 1. The minimum absolute atomic E-state index is 0.106. The molecule has 0 radical (unpaired) electrons. The molecule has 3 aromatic rings. The molecule has 0 bridgehead atoms. The van der Waals surface area contributed by atoms with Crippen molar-refractivity contribution in [2.75, 3.05) is 6.79 Å². The second kappa shape index (κ2) is 6.74. The van der Waals surface area contributed by atoms with Crippen molar-refractivity contribution in [1.82, 2.24) is 9.55 Å². The number of fused-ring (bicyclic) bond motifs is 6. The number of thiol groups is 1. The van der Waals surface area contributed by atoms with Crippen LogP contribution in [0, 0.1) is 0 Å². The molecule has 1 atom stereocenters. The van der Waals surface area contributed by atoms with Crippen LogP contribution in [0.3, 0.4) is 0 Å². The quantitative estimate of drug-likeness (QED) is 0.339. The van der Waals surface area contributed by atoms with Crippen molar-refractivity contribution in [2.24, 2.45) is 0 Å². The van der Waals surface area contributed by atoms with Crippen LogP contribution in [-0.2, 0) is 28.3 Å². The Bertz CT molecular complexity index is 1560. The zero-order chi connectivity index (χ0) is 23.2. The number of aliphatic hydroxyl groups is 1. The van der Waals surface area contributed by atoms with Gasteiger partial charge in [-0.05, 0) is 29.4 Å². The lowest BCUT2D eigenvalue weighted by atomic mass is 9.86. The van der Waals surface area contributed by atoms with Gasteiger partial charge in [0.2, 0.25) is 6.79 Å². The van der Waals surface area contributed by atoms with Crippen molar-refractivity contribution in [3.8, 4) is 22.9 Å². The van der Waals surface area contributed by atoms with Crippen LogP contribution in [0.1, 0.15) is 30.0 Å². The molecule has 6 heterocycles. The lowest BCUT2D eigenvalue weighted by molar-refractivity contribution is -0.172. The molecule has 0 fully saturated rings. The molecule has 0 saturated carbocycles. The van der Waals surface area contributed by atoms with Gasteiger partial charge in [0.15, 0.2) is 17.1 Å². The SMILES string of the molecule is CC[C@@]1(O)C(=O)OCc2c1cc1n(c2=O)Cc2c-1nc1cc3c(cc1c2[SH]1C=CC=C1)OCO3. The maximum absolute atomic E-state index is 13.5. The molecule has 34 heavy (non-hydrogen) atoms. The Hall–Kier alpha value is -3.56. The number of ether oxygens (including phenoxy) is 3. The van der Waals surface area contributed by atoms with Crippen molar-refractivity contribution in [2.45, 2.75) is 37.0 Å². The van der Waals surface area contributed by atoms with Crippen LogP contribution in [0.4, 0.5) is 0 Å². The van der Waals surface area contributed by atoms with Gasteiger partial charge < -0.3 is 23.9 Å². The monoisotopic (exact) mass is 476 g/mol. The molecule has 7 rings (SSSR count). The number of allylic oxidation sites excluding steroid dienone is 2.